The van der Waals surface area contributed by atoms with Gasteiger partial charge >= 0.3 is 0 Å². The van der Waals surface area contributed by atoms with Gasteiger partial charge in [0.25, 0.3) is 5.91 Å². The third-order valence-corrected chi connectivity index (χ3v) is 4.78. The largest absolute Gasteiger partial charge is 0.330 e. The average Bonchev–Trinajstić information content (AvgIpc) is 3.07. The fourth-order valence-corrected chi connectivity index (χ4v) is 3.23. The lowest BCUT2D eigenvalue weighted by atomic mass is 9.95. The van der Waals surface area contributed by atoms with Gasteiger partial charge in [-0.15, -0.1) is 29.8 Å². The van der Waals surface area contributed by atoms with E-state index in [0.29, 0.717) is 18.7 Å². The fraction of sp³-hybridized carbons (Fsp3) is 0.318. The van der Waals surface area contributed by atoms with Crippen molar-refractivity contribution < 1.29 is 22.8 Å². The Bertz CT molecular complexity index is 981. The van der Waals surface area contributed by atoms with E-state index >= 15 is 0 Å². The second kappa shape index (κ2) is 10.6. The highest BCUT2D eigenvalue weighted by atomic mass is 35.5. The van der Waals surface area contributed by atoms with E-state index in [4.69, 9.17) is 10.6 Å². The van der Waals surface area contributed by atoms with Crippen molar-refractivity contribution >= 4 is 42.2 Å². The van der Waals surface area contributed by atoms with Gasteiger partial charge in [0, 0.05) is 24.0 Å². The van der Waals surface area contributed by atoms with E-state index < -0.39 is 27.6 Å². The van der Waals surface area contributed by atoms with Gasteiger partial charge in [-0.1, -0.05) is 20.8 Å². The van der Waals surface area contributed by atoms with Gasteiger partial charge in [0.05, 0.1) is 5.56 Å². The van der Waals surface area contributed by atoms with Gasteiger partial charge in [0.15, 0.2) is 6.54 Å². The Morgan fingerprint density at radius 1 is 1.03 bits per heavy atom. The second-order valence-electron chi connectivity index (χ2n) is 8.15. The number of carbonyl (C=O) groups excluding carboxylic acids is 1. The normalized spacial score (nSPS) is 17.7. The first-order valence-electron chi connectivity index (χ1n) is 9.64. The van der Waals surface area contributed by atoms with E-state index in [0.717, 1.165) is 18.2 Å². The van der Waals surface area contributed by atoms with Gasteiger partial charge in [-0.2, -0.15) is 0 Å². The number of quaternary nitrogens is 1. The minimum Gasteiger partial charge on any atom is -0.330 e. The predicted octanol–water partition coefficient (Wildman–Crippen LogP) is 5.34. The molecule has 2 N–H and O–H groups in total. The van der Waals surface area contributed by atoms with Crippen molar-refractivity contribution in [3.8, 4) is 0 Å². The van der Waals surface area contributed by atoms with E-state index in [1.165, 1.54) is 35.5 Å². The summed E-state index contributed by atoms with van der Waals surface area (Å²) in [4.78, 5) is 19.5. The van der Waals surface area contributed by atoms with Crippen molar-refractivity contribution in [3.05, 3.63) is 71.7 Å². The number of amides is 1. The number of halogens is 5. The molecule has 0 radical (unpaired) electrons. The fourth-order valence-electron chi connectivity index (χ4n) is 3.23. The third kappa shape index (κ3) is 5.38. The van der Waals surface area contributed by atoms with Crippen LogP contribution in [0.5, 0.6) is 0 Å². The summed E-state index contributed by atoms with van der Waals surface area (Å²) in [5.74, 6) is -2.10. The number of hydrogen-bond donors (Lipinski definition) is 1. The minimum absolute atomic E-state index is 0. The van der Waals surface area contributed by atoms with Crippen molar-refractivity contribution in [2.75, 3.05) is 13.1 Å². The molecular weight excluding hydrogens is 466 g/mol. The lowest BCUT2D eigenvalue weighted by molar-refractivity contribution is -0.199. The number of nitrogens with zero attached hydrogens (tertiary/aromatic N) is 2. The molecule has 0 aliphatic carbocycles. The van der Waals surface area contributed by atoms with Crippen molar-refractivity contribution in [3.63, 3.8) is 0 Å². The Morgan fingerprint density at radius 3 is 2.19 bits per heavy atom. The van der Waals surface area contributed by atoms with Crippen LogP contribution in [0.1, 0.15) is 32.8 Å². The Hall–Kier alpha value is -2.26. The molecule has 0 spiro atoms. The van der Waals surface area contributed by atoms with Crippen molar-refractivity contribution in [2.45, 2.75) is 27.2 Å². The summed E-state index contributed by atoms with van der Waals surface area (Å²) in [7, 11) is 0. The van der Waals surface area contributed by atoms with Crippen LogP contribution in [0, 0.1) is 22.9 Å². The highest BCUT2D eigenvalue weighted by Gasteiger charge is 2.52. The summed E-state index contributed by atoms with van der Waals surface area (Å²) in [6.07, 6.45) is 1.82. The number of rotatable bonds is 5. The van der Waals surface area contributed by atoms with E-state index in [9.17, 15) is 18.0 Å². The van der Waals surface area contributed by atoms with Crippen molar-refractivity contribution in [1.82, 2.24) is 9.76 Å². The molecule has 2 aromatic rings. The third-order valence-electron chi connectivity index (χ3n) is 4.78. The summed E-state index contributed by atoms with van der Waals surface area (Å²) in [6, 6.07) is 8.50. The average molecular weight is 493 g/mol. The van der Waals surface area contributed by atoms with Crippen LogP contribution in [0.2, 0.25) is 0 Å². The Balaban J connectivity index is 0.00000256. The highest BCUT2D eigenvalue weighted by molar-refractivity contribution is 5.86. The minimum atomic E-state index is -0.804. The maximum absolute atomic E-state index is 14.5. The first kappa shape index (κ1) is 27.8. The van der Waals surface area contributed by atoms with Gasteiger partial charge < -0.3 is 5.73 Å². The molecule has 0 aromatic heterocycles. The molecule has 0 saturated carbocycles. The number of carbonyl (C=O) groups is 1. The Labute approximate surface area is 198 Å². The topological polar surface area (TPSA) is 55.6 Å². The summed E-state index contributed by atoms with van der Waals surface area (Å²) < 4.78 is 41.4. The van der Waals surface area contributed by atoms with Crippen molar-refractivity contribution in [2.24, 2.45) is 11.1 Å². The molecule has 1 atom stereocenters. The van der Waals surface area contributed by atoms with Crippen LogP contribution >= 0.6 is 24.8 Å². The quantitative estimate of drug-likeness (QED) is 0.573. The molecule has 5 nitrogen and oxygen atoms in total. The molecule has 32 heavy (non-hydrogen) atoms. The summed E-state index contributed by atoms with van der Waals surface area (Å²) in [5, 5.41) is 1.34. The zero-order valence-electron chi connectivity index (χ0n) is 18.0. The molecule has 1 amide bonds. The molecule has 1 aliphatic rings. The van der Waals surface area contributed by atoms with Crippen LogP contribution in [0.25, 0.3) is 5.76 Å². The Morgan fingerprint density at radius 2 is 1.62 bits per heavy atom. The number of hydrogen-bond acceptors (Lipinski definition) is 3. The smallest absolute Gasteiger partial charge is 0.282 e. The molecule has 176 valence electrons. The first-order valence-corrected chi connectivity index (χ1v) is 9.64. The maximum atomic E-state index is 14.5. The molecule has 10 heteroatoms. The molecule has 3 rings (SSSR count). The van der Waals surface area contributed by atoms with Crippen LogP contribution in [-0.4, -0.2) is 24.0 Å². The molecule has 0 saturated heterocycles. The number of nitrogens with two attached hydrogens (primary N) is 1. The van der Waals surface area contributed by atoms with Crippen LogP contribution in [0.3, 0.4) is 0 Å². The first-order chi connectivity index (χ1) is 14.1. The van der Waals surface area contributed by atoms with Crippen LogP contribution < -0.4 is 10.5 Å². The standard InChI is InChI=1S/C22H25F3N3O2.2ClH/c1-22(2,3)21(29)27-14-20(18-13-16(24)7-10-19(18)25)30-28(27,12-4-11-26)17-8-5-15(23)6-9-17;;/h5-10,13-14H,4,11-12,26H2,1-3H3;2*1H/q+1;;. The summed E-state index contributed by atoms with van der Waals surface area (Å²) >= 11 is 0. The van der Waals surface area contributed by atoms with Gasteiger partial charge in [0.1, 0.15) is 23.7 Å². The van der Waals surface area contributed by atoms with Gasteiger partial charge in [-0.3, -0.25) is 9.63 Å². The molecule has 1 heterocycles. The second-order valence-corrected chi connectivity index (χ2v) is 8.15. The zero-order chi connectivity index (χ0) is 22.1. The molecule has 2 aromatic carbocycles. The van der Waals surface area contributed by atoms with Crippen LogP contribution in [-0.2, 0) is 9.63 Å². The van der Waals surface area contributed by atoms with Crippen molar-refractivity contribution in [1.29, 1.82) is 0 Å². The molecule has 1 aliphatic heterocycles. The summed E-state index contributed by atoms with van der Waals surface area (Å²) in [6.45, 7) is 5.76. The van der Waals surface area contributed by atoms with Gasteiger partial charge in [-0.25, -0.2) is 13.2 Å². The van der Waals surface area contributed by atoms with Crippen LogP contribution in [0.15, 0.2) is 48.7 Å². The van der Waals surface area contributed by atoms with E-state index in [-0.39, 0.29) is 48.6 Å². The molecule has 0 bridgehead atoms. The predicted molar refractivity (Wildman–Crippen MR) is 123 cm³/mol. The number of hydroxylamine groups is 1. The van der Waals surface area contributed by atoms with E-state index in [1.807, 2.05) is 0 Å². The monoisotopic (exact) mass is 492 g/mol. The van der Waals surface area contributed by atoms with Gasteiger partial charge in [-0.05, 0) is 41.6 Å². The molecule has 0 fully saturated rings. The number of benzene rings is 2. The van der Waals surface area contributed by atoms with E-state index in [2.05, 4.69) is 0 Å². The zero-order valence-corrected chi connectivity index (χ0v) is 19.6. The lowest BCUT2D eigenvalue weighted by Crippen LogP contribution is -2.61. The highest BCUT2D eigenvalue weighted by Crippen LogP contribution is 2.41. The molecular formula is C22H27Cl2F3N3O2+. The van der Waals surface area contributed by atoms with Crippen LogP contribution in [0.4, 0.5) is 18.9 Å². The Kier molecular flexibility index (Phi) is 9.17. The lowest BCUT2D eigenvalue weighted by Gasteiger charge is -2.37. The maximum Gasteiger partial charge on any atom is 0.282 e. The van der Waals surface area contributed by atoms with Gasteiger partial charge in [0.2, 0.25) is 11.4 Å². The SMILES string of the molecule is CC(C)(C)C(=O)N1C=C(c2cc(F)ccc2F)O[N+]1(CCCN)c1ccc(F)cc1.Cl.Cl. The summed E-state index contributed by atoms with van der Waals surface area (Å²) in [5.41, 5.74) is 5.24. The van der Waals surface area contributed by atoms with E-state index in [1.54, 1.807) is 20.8 Å². The molecule has 1 unspecified atom stereocenters.